The van der Waals surface area contributed by atoms with E-state index in [9.17, 15) is 8.60 Å². The Kier molecular flexibility index (Phi) is 6.09. The lowest BCUT2D eigenvalue weighted by atomic mass is 10.0. The first kappa shape index (κ1) is 20.8. The van der Waals surface area contributed by atoms with Crippen molar-refractivity contribution in [3.63, 3.8) is 0 Å². The van der Waals surface area contributed by atoms with Crippen molar-refractivity contribution in [1.29, 1.82) is 4.78 Å². The van der Waals surface area contributed by atoms with Crippen LogP contribution in [0.2, 0.25) is 5.02 Å². The van der Waals surface area contributed by atoms with Crippen molar-refractivity contribution in [1.82, 2.24) is 4.72 Å². The van der Waals surface area contributed by atoms with Crippen molar-refractivity contribution < 1.29 is 8.60 Å². The number of hydrogen-bond donors (Lipinski definition) is 2. The zero-order chi connectivity index (χ0) is 21.1. The van der Waals surface area contributed by atoms with E-state index >= 15 is 0 Å². The monoisotopic (exact) mass is 443 g/mol. The highest BCUT2D eigenvalue weighted by atomic mass is 35.5. The van der Waals surface area contributed by atoms with Crippen LogP contribution in [0.25, 0.3) is 0 Å². The van der Waals surface area contributed by atoms with Gasteiger partial charge in [0.2, 0.25) is 0 Å². The molecule has 0 saturated heterocycles. The molecule has 4 nitrogen and oxygen atoms in total. The Morgan fingerprint density at radius 3 is 2.47 bits per heavy atom. The largest absolute Gasteiger partial charge is 0.341 e. The van der Waals surface area contributed by atoms with E-state index in [-0.39, 0.29) is 4.90 Å². The van der Waals surface area contributed by atoms with E-state index in [1.54, 1.807) is 0 Å². The average Bonchev–Trinajstić information content (AvgIpc) is 2.88. The van der Waals surface area contributed by atoms with E-state index < -0.39 is 15.7 Å². The number of para-hydroxylation sites is 1. The lowest BCUT2D eigenvalue weighted by Crippen LogP contribution is -2.27. The number of halogens is 2. The van der Waals surface area contributed by atoms with Crippen LogP contribution in [-0.4, -0.2) is 17.3 Å². The van der Waals surface area contributed by atoms with Crippen LogP contribution >= 0.6 is 11.6 Å². The van der Waals surface area contributed by atoms with Crippen LogP contribution in [0.15, 0.2) is 71.6 Å². The summed E-state index contributed by atoms with van der Waals surface area (Å²) in [7, 11) is -3.17. The van der Waals surface area contributed by atoms with Crippen molar-refractivity contribution in [3.8, 4) is 0 Å². The Morgan fingerprint density at radius 1 is 1.00 bits per heavy atom. The molecule has 1 aliphatic heterocycles. The quantitative estimate of drug-likeness (QED) is 0.479. The topological polar surface area (TPSA) is 56.2 Å². The number of fused-ring (bicyclic) bond motifs is 2. The molecule has 0 radical (unpaired) electrons. The first-order valence-electron chi connectivity index (χ1n) is 9.87. The predicted octanol–water partition coefficient (Wildman–Crippen LogP) is 5.72. The molecule has 0 saturated carbocycles. The number of rotatable bonds is 6. The number of aryl methyl sites for hydroxylation is 2. The van der Waals surface area contributed by atoms with Crippen LogP contribution in [0.3, 0.4) is 0 Å². The first-order chi connectivity index (χ1) is 14.4. The molecule has 2 N–H and O–H groups in total. The van der Waals surface area contributed by atoms with Gasteiger partial charge in [-0.2, -0.15) is 0 Å². The summed E-state index contributed by atoms with van der Waals surface area (Å²) < 4.78 is 36.7. The molecular formula is C23H23ClFN3OS. The number of anilines is 2. The van der Waals surface area contributed by atoms with Gasteiger partial charge >= 0.3 is 0 Å². The lowest BCUT2D eigenvalue weighted by molar-refractivity contribution is 0.625. The zero-order valence-corrected chi connectivity index (χ0v) is 18.0. The van der Waals surface area contributed by atoms with E-state index in [1.165, 1.54) is 35.4 Å². The van der Waals surface area contributed by atoms with Gasteiger partial charge in [-0.15, -0.1) is 0 Å². The Morgan fingerprint density at radius 2 is 1.70 bits per heavy atom. The molecule has 0 aliphatic carbocycles. The maximum Gasteiger partial charge on any atom is 0.134 e. The molecule has 1 atom stereocenters. The van der Waals surface area contributed by atoms with E-state index in [2.05, 4.69) is 33.9 Å². The third-order valence-electron chi connectivity index (χ3n) is 5.29. The Balaban J connectivity index is 1.50. The third-order valence-corrected chi connectivity index (χ3v) is 7.08. The summed E-state index contributed by atoms with van der Waals surface area (Å²) in [5.74, 6) is -0.411. The second-order valence-electron chi connectivity index (χ2n) is 7.31. The minimum absolute atomic E-state index is 0.279. The van der Waals surface area contributed by atoms with Crippen molar-refractivity contribution in [2.45, 2.75) is 24.2 Å². The van der Waals surface area contributed by atoms with Crippen molar-refractivity contribution in [3.05, 3.63) is 88.7 Å². The Hall–Kier alpha value is -2.41. The first-order valence-corrected chi connectivity index (χ1v) is 11.8. The lowest BCUT2D eigenvalue weighted by Gasteiger charge is -2.27. The minimum Gasteiger partial charge on any atom is -0.341 e. The van der Waals surface area contributed by atoms with Crippen LogP contribution in [0.1, 0.15) is 17.5 Å². The van der Waals surface area contributed by atoms with Gasteiger partial charge < -0.3 is 4.90 Å². The van der Waals surface area contributed by atoms with Crippen molar-refractivity contribution >= 4 is 32.9 Å². The number of nitrogens with zero attached hydrogens (tertiary/aromatic N) is 1. The molecule has 7 heteroatoms. The molecule has 1 unspecified atom stereocenters. The Bertz CT molecular complexity index is 1150. The third kappa shape index (κ3) is 4.51. The van der Waals surface area contributed by atoms with Gasteiger partial charge in [0.25, 0.3) is 0 Å². The highest BCUT2D eigenvalue weighted by molar-refractivity contribution is 7.90. The smallest absolute Gasteiger partial charge is 0.134 e. The average molecular weight is 444 g/mol. The number of benzene rings is 3. The number of hydrogen-bond acceptors (Lipinski definition) is 3. The molecule has 0 amide bonds. The van der Waals surface area contributed by atoms with Crippen LogP contribution in [0.4, 0.5) is 15.8 Å². The van der Waals surface area contributed by atoms with Crippen LogP contribution < -0.4 is 9.62 Å². The molecule has 0 fully saturated rings. The van der Waals surface area contributed by atoms with Crippen LogP contribution in [0, 0.1) is 10.6 Å². The molecule has 1 aliphatic rings. The fourth-order valence-electron chi connectivity index (χ4n) is 3.79. The second kappa shape index (κ2) is 8.76. The summed E-state index contributed by atoms with van der Waals surface area (Å²) in [6.45, 7) is 1.09. The maximum absolute atomic E-state index is 13.1. The van der Waals surface area contributed by atoms with Crippen molar-refractivity contribution in [2.75, 3.05) is 18.0 Å². The van der Waals surface area contributed by atoms with Gasteiger partial charge in [0.05, 0.1) is 4.90 Å². The number of nitrogens with one attached hydrogen (secondary N) is 2. The molecule has 0 aromatic heterocycles. The van der Waals surface area contributed by atoms with E-state index in [0.29, 0.717) is 24.5 Å². The second-order valence-corrected chi connectivity index (χ2v) is 9.62. The molecule has 1 heterocycles. The molecule has 156 valence electrons. The standard InChI is InChI=1S/C23H23ClFN3OS/c24-19-9-8-18-7-6-17-4-1-2-5-22(17)28(23(18)16-19)15-3-14-27-30(26,29)21-12-10-20(25)11-13-21/h1-2,4-5,8-13,16H,3,6-7,14-15H2,(H2,26,27,29). The van der Waals surface area contributed by atoms with Gasteiger partial charge in [0.1, 0.15) is 15.7 Å². The van der Waals surface area contributed by atoms with Gasteiger partial charge in [0.15, 0.2) is 0 Å². The molecular weight excluding hydrogens is 421 g/mol. The van der Waals surface area contributed by atoms with Gasteiger partial charge in [-0.05, 0) is 72.9 Å². The van der Waals surface area contributed by atoms with E-state index in [4.69, 9.17) is 16.4 Å². The van der Waals surface area contributed by atoms with E-state index in [1.807, 2.05) is 18.2 Å². The van der Waals surface area contributed by atoms with Gasteiger partial charge in [-0.1, -0.05) is 35.9 Å². The van der Waals surface area contributed by atoms with Gasteiger partial charge in [-0.3, -0.25) is 0 Å². The molecule has 0 bridgehead atoms. The van der Waals surface area contributed by atoms with E-state index in [0.717, 1.165) is 24.2 Å². The fraction of sp³-hybridized carbons (Fsp3) is 0.217. The SMILES string of the molecule is N=S(=O)(NCCCN1c2ccccc2CCc2ccc(Cl)cc21)c1ccc(F)cc1. The Labute approximate surface area is 181 Å². The molecule has 3 aromatic carbocycles. The maximum atomic E-state index is 13.1. The summed E-state index contributed by atoms with van der Waals surface area (Å²) >= 11 is 6.29. The van der Waals surface area contributed by atoms with Gasteiger partial charge in [-0.25, -0.2) is 18.1 Å². The van der Waals surface area contributed by atoms with Crippen LogP contribution in [0.5, 0.6) is 0 Å². The molecule has 0 spiro atoms. The van der Waals surface area contributed by atoms with Crippen molar-refractivity contribution in [2.24, 2.45) is 0 Å². The molecule has 4 rings (SSSR count). The minimum atomic E-state index is -3.17. The highest BCUT2D eigenvalue weighted by Crippen LogP contribution is 2.37. The van der Waals surface area contributed by atoms with Crippen LogP contribution in [-0.2, 0) is 22.8 Å². The normalized spacial score (nSPS) is 15.1. The summed E-state index contributed by atoms with van der Waals surface area (Å²) in [5.41, 5.74) is 4.79. The molecule has 3 aromatic rings. The van der Waals surface area contributed by atoms with Gasteiger partial charge in [0, 0.05) is 29.5 Å². The fourth-order valence-corrected chi connectivity index (χ4v) is 5.07. The highest BCUT2D eigenvalue weighted by Gasteiger charge is 2.20. The zero-order valence-electron chi connectivity index (χ0n) is 16.4. The summed E-state index contributed by atoms with van der Waals surface area (Å²) in [6.07, 6.45) is 2.59. The summed E-state index contributed by atoms with van der Waals surface area (Å²) in [5, 5.41) is 0.696. The summed E-state index contributed by atoms with van der Waals surface area (Å²) in [4.78, 5) is 2.54. The molecule has 30 heavy (non-hydrogen) atoms. The summed E-state index contributed by atoms with van der Waals surface area (Å²) in [6, 6.07) is 19.6. The predicted molar refractivity (Wildman–Crippen MR) is 120 cm³/mol.